The zero-order valence-electron chi connectivity index (χ0n) is 29.2. The van der Waals surface area contributed by atoms with Gasteiger partial charge in [-0.15, -0.1) is 0 Å². The topological polar surface area (TPSA) is 81.5 Å². The molecule has 253 valence electrons. The zero-order chi connectivity index (χ0) is 35.2. The van der Waals surface area contributed by atoms with Crippen molar-refractivity contribution in [3.63, 3.8) is 0 Å². The average Bonchev–Trinajstić information content (AvgIpc) is 2.97. The Kier molecular flexibility index (Phi) is 13.4. The lowest BCUT2D eigenvalue weighted by Gasteiger charge is -2.28. The van der Waals surface area contributed by atoms with Crippen LogP contribution in [-0.4, -0.2) is 63.9 Å². The second kappa shape index (κ2) is 16.5. The predicted molar refractivity (Wildman–Crippen MR) is 183 cm³/mol. The highest BCUT2D eigenvalue weighted by Crippen LogP contribution is 2.37. The number of carbonyl (C=O) groups is 2. The van der Waals surface area contributed by atoms with Crippen LogP contribution in [0.25, 0.3) is 11.1 Å². The number of ether oxygens (including phenoxy) is 1. The van der Waals surface area contributed by atoms with Crippen LogP contribution in [0.4, 0.5) is 8.78 Å². The molecule has 0 saturated heterocycles. The fourth-order valence-electron chi connectivity index (χ4n) is 6.06. The van der Waals surface area contributed by atoms with E-state index in [4.69, 9.17) is 4.74 Å². The van der Waals surface area contributed by atoms with E-state index in [1.54, 1.807) is 52.8 Å². The molecule has 0 aliphatic rings. The number of carbonyl (C=O) groups excluding carboxylic acids is 2. The van der Waals surface area contributed by atoms with Crippen LogP contribution < -0.4 is 5.56 Å². The first kappa shape index (κ1) is 37.9. The number of halogens is 2. The Labute approximate surface area is 281 Å². The Morgan fingerprint density at radius 3 is 2.19 bits per heavy atom. The van der Waals surface area contributed by atoms with Crippen molar-refractivity contribution in [1.29, 1.82) is 0 Å². The lowest BCUT2D eigenvalue weighted by Crippen LogP contribution is -2.38. The Balaban J connectivity index is 2.07. The quantitative estimate of drug-likeness (QED) is 0.132. The second-order valence-corrected chi connectivity index (χ2v) is 13.8. The highest BCUT2D eigenvalue weighted by molar-refractivity contribution is 6.14. The first-order valence-electron chi connectivity index (χ1n) is 16.3. The first-order chi connectivity index (χ1) is 22.0. The van der Waals surface area contributed by atoms with Crippen molar-refractivity contribution >= 4 is 22.0 Å². The standard InChI is InChI=1S/C37H48F2N3O4Si/c1-10-46-32(44)20-26(30-19-27(15-24(6)34(30)39)33-22(4)16-28(38)17-23(33)5)11-12-31(43)35(36(47)21(2)3)42-37(45)25(7)18-29(40-42)13-14-41(8)9/h15-19,21,26,35-36H,10-14,20H2,1-9H3/t26-,35+,36?/m0/s1. The summed E-state index contributed by atoms with van der Waals surface area (Å²) in [6, 6.07) is 7.15. The third-order valence-electron chi connectivity index (χ3n) is 8.60. The van der Waals surface area contributed by atoms with Crippen molar-refractivity contribution < 1.29 is 23.1 Å². The number of ketones is 1. The van der Waals surface area contributed by atoms with Crippen LogP contribution in [0.5, 0.6) is 0 Å². The molecule has 0 aliphatic carbocycles. The Morgan fingerprint density at radius 1 is 0.979 bits per heavy atom. The minimum Gasteiger partial charge on any atom is -0.466 e. The number of hydrogen-bond acceptors (Lipinski definition) is 6. The van der Waals surface area contributed by atoms with Gasteiger partial charge in [0.05, 0.1) is 18.7 Å². The summed E-state index contributed by atoms with van der Waals surface area (Å²) in [7, 11) is 7.67. The molecule has 10 heteroatoms. The second-order valence-electron chi connectivity index (χ2n) is 13.2. The maximum Gasteiger partial charge on any atom is 0.306 e. The molecule has 1 aromatic heterocycles. The SMILES string of the molecule is CCOC(=O)C[C@H](CCC(=O)[C@H](C([Si])C(C)C)n1nc(CCN(C)C)cc(C)c1=O)c1cc(-c2c(C)cc(F)cc2C)cc(C)c1F. The fraction of sp³-hybridized carbons (Fsp3) is 0.514. The van der Waals surface area contributed by atoms with E-state index in [2.05, 4.69) is 15.3 Å². The summed E-state index contributed by atoms with van der Waals surface area (Å²) in [6.45, 7) is 13.5. The van der Waals surface area contributed by atoms with E-state index in [1.807, 2.05) is 32.8 Å². The van der Waals surface area contributed by atoms with Crippen molar-refractivity contribution in [3.8, 4) is 11.1 Å². The lowest BCUT2D eigenvalue weighted by atomic mass is 9.84. The maximum atomic E-state index is 15.9. The third kappa shape index (κ3) is 9.53. The number of esters is 1. The van der Waals surface area contributed by atoms with Gasteiger partial charge in [-0.3, -0.25) is 14.4 Å². The highest BCUT2D eigenvalue weighted by Gasteiger charge is 2.33. The molecular formula is C37H48F2N3O4Si. The number of nitrogens with zero attached hydrogens (tertiary/aromatic N) is 3. The number of rotatable bonds is 15. The van der Waals surface area contributed by atoms with E-state index in [1.165, 1.54) is 16.8 Å². The van der Waals surface area contributed by atoms with Crippen molar-refractivity contribution in [2.45, 2.75) is 91.7 Å². The van der Waals surface area contributed by atoms with Gasteiger partial charge in [0.15, 0.2) is 5.78 Å². The summed E-state index contributed by atoms with van der Waals surface area (Å²) in [4.78, 5) is 42.4. The van der Waals surface area contributed by atoms with Gasteiger partial charge in [-0.25, -0.2) is 13.5 Å². The fourth-order valence-corrected chi connectivity index (χ4v) is 6.39. The van der Waals surface area contributed by atoms with Crippen LogP contribution in [0.15, 0.2) is 35.1 Å². The number of likely N-dealkylation sites (N-methyl/N-ethyl adjacent to an activating group) is 1. The van der Waals surface area contributed by atoms with E-state index < -0.39 is 29.3 Å². The summed E-state index contributed by atoms with van der Waals surface area (Å²) < 4.78 is 36.6. The van der Waals surface area contributed by atoms with Crippen LogP contribution in [0.1, 0.15) is 85.5 Å². The van der Waals surface area contributed by atoms with E-state index in [9.17, 15) is 18.8 Å². The van der Waals surface area contributed by atoms with Gasteiger partial charge in [-0.1, -0.05) is 13.8 Å². The van der Waals surface area contributed by atoms with Crippen LogP contribution in [0.3, 0.4) is 0 Å². The van der Waals surface area contributed by atoms with Gasteiger partial charge in [0.1, 0.15) is 17.7 Å². The predicted octanol–water partition coefficient (Wildman–Crippen LogP) is 6.77. The van der Waals surface area contributed by atoms with E-state index >= 15 is 4.39 Å². The highest BCUT2D eigenvalue weighted by atomic mass is 28.1. The molecule has 3 rings (SSSR count). The molecule has 0 fully saturated rings. The van der Waals surface area contributed by atoms with Gasteiger partial charge in [0, 0.05) is 35.2 Å². The number of aromatic nitrogens is 2. The molecule has 3 aromatic rings. The molecule has 2 aromatic carbocycles. The maximum absolute atomic E-state index is 15.9. The molecule has 1 heterocycles. The molecule has 0 saturated carbocycles. The summed E-state index contributed by atoms with van der Waals surface area (Å²) in [6.07, 6.45) is 0.577. The van der Waals surface area contributed by atoms with Crippen LogP contribution in [0, 0.1) is 45.2 Å². The lowest BCUT2D eigenvalue weighted by molar-refractivity contribution is -0.143. The van der Waals surface area contributed by atoms with Gasteiger partial charge in [-0.05, 0) is 136 Å². The minimum atomic E-state index is -0.914. The molecule has 0 amide bonds. The van der Waals surface area contributed by atoms with Gasteiger partial charge in [-0.2, -0.15) is 5.10 Å². The normalized spacial score (nSPS) is 13.6. The Morgan fingerprint density at radius 2 is 1.62 bits per heavy atom. The first-order valence-corrected chi connectivity index (χ1v) is 16.8. The summed E-state index contributed by atoms with van der Waals surface area (Å²) in [5.41, 5.74) is 4.01. The van der Waals surface area contributed by atoms with Gasteiger partial charge in [0.2, 0.25) is 0 Å². The molecule has 7 nitrogen and oxygen atoms in total. The van der Waals surface area contributed by atoms with Crippen molar-refractivity contribution in [3.05, 3.63) is 85.8 Å². The summed E-state index contributed by atoms with van der Waals surface area (Å²) in [5.74, 6) is -2.27. The number of hydrogen-bond donors (Lipinski definition) is 0. The van der Waals surface area contributed by atoms with Crippen molar-refractivity contribution in [1.82, 2.24) is 14.7 Å². The largest absolute Gasteiger partial charge is 0.466 e. The van der Waals surface area contributed by atoms with Crippen LogP contribution >= 0.6 is 0 Å². The molecule has 0 aliphatic heterocycles. The third-order valence-corrected chi connectivity index (χ3v) is 9.58. The van der Waals surface area contributed by atoms with E-state index in [0.717, 1.165) is 12.1 Å². The number of aryl methyl sites for hydroxylation is 4. The molecule has 47 heavy (non-hydrogen) atoms. The van der Waals surface area contributed by atoms with Gasteiger partial charge in [0.25, 0.3) is 5.56 Å². The number of Topliss-reactive ketones (excluding diaryl/α,β-unsaturated/α-hetero) is 1. The molecular weight excluding hydrogens is 617 g/mol. The van der Waals surface area contributed by atoms with Crippen molar-refractivity contribution in [2.75, 3.05) is 27.2 Å². The molecule has 0 bridgehead atoms. The Bertz CT molecular complexity index is 1630. The molecule has 0 spiro atoms. The smallest absolute Gasteiger partial charge is 0.306 e. The Hall–Kier alpha value is -3.50. The molecule has 0 N–H and O–H groups in total. The van der Waals surface area contributed by atoms with E-state index in [-0.39, 0.29) is 54.5 Å². The van der Waals surface area contributed by atoms with E-state index in [0.29, 0.717) is 39.9 Å². The summed E-state index contributed by atoms with van der Waals surface area (Å²) >= 11 is 0. The summed E-state index contributed by atoms with van der Waals surface area (Å²) in [5, 5.41) is 4.65. The van der Waals surface area contributed by atoms with Gasteiger partial charge < -0.3 is 9.64 Å². The van der Waals surface area contributed by atoms with Crippen LogP contribution in [0.2, 0.25) is 5.54 Å². The minimum absolute atomic E-state index is 0.0191. The molecule has 3 radical (unpaired) electrons. The number of benzene rings is 2. The molecule has 3 atom stereocenters. The van der Waals surface area contributed by atoms with Gasteiger partial charge >= 0.3 is 5.97 Å². The van der Waals surface area contributed by atoms with Crippen molar-refractivity contribution in [2.24, 2.45) is 5.92 Å². The zero-order valence-corrected chi connectivity index (χ0v) is 30.2. The monoisotopic (exact) mass is 664 g/mol. The molecule has 1 unspecified atom stereocenters. The van der Waals surface area contributed by atoms with Crippen LogP contribution in [-0.2, 0) is 20.7 Å². The average molecular weight is 665 g/mol.